The molecule has 132 valence electrons. The fourth-order valence-corrected chi connectivity index (χ4v) is 2.00. The number of carbonyl (C=O) groups is 2. The molecule has 0 spiro atoms. The van der Waals surface area contributed by atoms with E-state index < -0.39 is 23.4 Å². The molecule has 0 fully saturated rings. The second-order valence-corrected chi connectivity index (χ2v) is 4.96. The average Bonchev–Trinajstić information content (AvgIpc) is 2.66. The molecule has 2 rings (SSSR count). The maximum atomic E-state index is 11.9. The van der Waals surface area contributed by atoms with Crippen molar-refractivity contribution in [3.63, 3.8) is 0 Å². The summed E-state index contributed by atoms with van der Waals surface area (Å²) in [7, 11) is 1.45. The standard InChI is InChI=1S/C17H13N3O6/c1-25-14-4-2-3-11(8-14)17(22)26-10-16(21)19-15-6-5-13(20(23)24)7-12(15)9-18/h2-8H,10H2,1H3,(H,19,21). The highest BCUT2D eigenvalue weighted by Crippen LogP contribution is 2.21. The van der Waals surface area contributed by atoms with Crippen LogP contribution in [0.15, 0.2) is 42.5 Å². The Morgan fingerprint density at radius 1 is 1.27 bits per heavy atom. The lowest BCUT2D eigenvalue weighted by Gasteiger charge is -2.08. The van der Waals surface area contributed by atoms with Gasteiger partial charge in [-0.15, -0.1) is 0 Å². The van der Waals surface area contributed by atoms with Crippen molar-refractivity contribution in [1.29, 1.82) is 5.26 Å². The lowest BCUT2D eigenvalue weighted by molar-refractivity contribution is -0.384. The molecule has 0 radical (unpaired) electrons. The van der Waals surface area contributed by atoms with Gasteiger partial charge in [0.15, 0.2) is 6.61 Å². The topological polar surface area (TPSA) is 132 Å². The molecule has 0 aliphatic rings. The van der Waals surface area contributed by atoms with Crippen LogP contribution in [0.2, 0.25) is 0 Å². The Hall–Kier alpha value is -3.93. The molecule has 9 heteroatoms. The maximum Gasteiger partial charge on any atom is 0.338 e. The average molecular weight is 355 g/mol. The van der Waals surface area contributed by atoms with Crippen molar-refractivity contribution in [1.82, 2.24) is 0 Å². The third-order valence-corrected chi connectivity index (χ3v) is 3.25. The number of benzene rings is 2. The Morgan fingerprint density at radius 2 is 2.04 bits per heavy atom. The van der Waals surface area contributed by atoms with Crippen LogP contribution < -0.4 is 10.1 Å². The van der Waals surface area contributed by atoms with E-state index in [-0.39, 0.29) is 22.5 Å². The van der Waals surface area contributed by atoms with Crippen LogP contribution in [0.25, 0.3) is 0 Å². The normalized spacial score (nSPS) is 9.69. The summed E-state index contributed by atoms with van der Waals surface area (Å²) in [4.78, 5) is 33.9. The molecule has 1 N–H and O–H groups in total. The van der Waals surface area contributed by atoms with E-state index in [0.717, 1.165) is 12.1 Å². The number of nitriles is 1. The number of amides is 1. The number of anilines is 1. The maximum absolute atomic E-state index is 11.9. The predicted molar refractivity (Wildman–Crippen MR) is 89.7 cm³/mol. The van der Waals surface area contributed by atoms with E-state index in [9.17, 15) is 19.7 Å². The second-order valence-electron chi connectivity index (χ2n) is 4.96. The number of nitro benzene ring substituents is 1. The fourth-order valence-electron chi connectivity index (χ4n) is 2.00. The Balaban J connectivity index is 1.99. The molecule has 1 amide bonds. The van der Waals surface area contributed by atoms with Gasteiger partial charge in [-0.2, -0.15) is 5.26 Å². The van der Waals surface area contributed by atoms with Crippen molar-refractivity contribution in [3.05, 3.63) is 63.7 Å². The third-order valence-electron chi connectivity index (χ3n) is 3.25. The van der Waals surface area contributed by atoms with E-state index in [4.69, 9.17) is 14.7 Å². The van der Waals surface area contributed by atoms with Crippen LogP contribution in [-0.4, -0.2) is 30.5 Å². The first-order chi connectivity index (χ1) is 12.4. The summed E-state index contributed by atoms with van der Waals surface area (Å²) in [5.41, 5.74) is -0.0543. The zero-order chi connectivity index (χ0) is 19.1. The number of nitrogens with one attached hydrogen (secondary N) is 1. The van der Waals surface area contributed by atoms with E-state index >= 15 is 0 Å². The van der Waals surface area contributed by atoms with E-state index in [1.54, 1.807) is 18.2 Å². The van der Waals surface area contributed by atoms with Crippen molar-refractivity contribution in [2.45, 2.75) is 0 Å². The van der Waals surface area contributed by atoms with Gasteiger partial charge in [-0.05, 0) is 24.3 Å². The highest BCUT2D eigenvalue weighted by atomic mass is 16.6. The first-order valence-electron chi connectivity index (χ1n) is 7.24. The number of nitro groups is 1. The van der Waals surface area contributed by atoms with Crippen molar-refractivity contribution >= 4 is 23.3 Å². The van der Waals surface area contributed by atoms with Crippen molar-refractivity contribution < 1.29 is 24.0 Å². The van der Waals surface area contributed by atoms with E-state index in [1.165, 1.54) is 25.3 Å². The second kappa shape index (κ2) is 8.25. The van der Waals surface area contributed by atoms with Gasteiger partial charge in [0.25, 0.3) is 11.6 Å². The number of nitrogens with zero attached hydrogens (tertiary/aromatic N) is 2. The summed E-state index contributed by atoms with van der Waals surface area (Å²) < 4.78 is 9.90. The van der Waals surface area contributed by atoms with Crippen LogP contribution in [0.4, 0.5) is 11.4 Å². The summed E-state index contributed by atoms with van der Waals surface area (Å²) in [6, 6.07) is 11.4. The quantitative estimate of drug-likeness (QED) is 0.477. The predicted octanol–water partition coefficient (Wildman–Crippen LogP) is 2.27. The number of methoxy groups -OCH3 is 1. The lowest BCUT2D eigenvalue weighted by atomic mass is 10.1. The summed E-state index contributed by atoms with van der Waals surface area (Å²) in [6.07, 6.45) is 0. The minimum absolute atomic E-state index is 0.0772. The van der Waals surface area contributed by atoms with Crippen LogP contribution in [0.5, 0.6) is 5.75 Å². The molecule has 0 saturated heterocycles. The van der Waals surface area contributed by atoms with Crippen molar-refractivity contribution in [3.8, 4) is 11.8 Å². The van der Waals surface area contributed by atoms with Crippen molar-refractivity contribution in [2.75, 3.05) is 19.0 Å². The van der Waals surface area contributed by atoms with Gasteiger partial charge in [-0.1, -0.05) is 6.07 Å². The van der Waals surface area contributed by atoms with Gasteiger partial charge >= 0.3 is 5.97 Å². The number of non-ortho nitro benzene ring substituents is 1. The van der Waals surface area contributed by atoms with Crippen molar-refractivity contribution in [2.24, 2.45) is 0 Å². The van der Waals surface area contributed by atoms with Gasteiger partial charge in [-0.25, -0.2) is 4.79 Å². The first kappa shape index (κ1) is 18.4. The number of hydrogen-bond donors (Lipinski definition) is 1. The molecule has 0 aliphatic heterocycles. The van der Waals surface area contributed by atoms with Crippen LogP contribution in [0.1, 0.15) is 15.9 Å². The monoisotopic (exact) mass is 355 g/mol. The molecule has 0 aromatic heterocycles. The van der Waals surface area contributed by atoms with Gasteiger partial charge in [0.05, 0.1) is 28.8 Å². The zero-order valence-electron chi connectivity index (χ0n) is 13.6. The summed E-state index contributed by atoms with van der Waals surface area (Å²) in [5, 5.41) is 22.1. The van der Waals surface area contributed by atoms with Crippen LogP contribution in [0, 0.1) is 21.4 Å². The molecule has 26 heavy (non-hydrogen) atoms. The van der Waals surface area contributed by atoms with Crippen LogP contribution >= 0.6 is 0 Å². The van der Waals surface area contributed by atoms with E-state index in [2.05, 4.69) is 5.32 Å². The summed E-state index contributed by atoms with van der Waals surface area (Å²) in [5.74, 6) is -0.941. The Morgan fingerprint density at radius 3 is 2.69 bits per heavy atom. The van der Waals surface area contributed by atoms with Gasteiger partial charge in [0, 0.05) is 12.1 Å². The first-order valence-corrected chi connectivity index (χ1v) is 7.24. The molecular weight excluding hydrogens is 342 g/mol. The highest BCUT2D eigenvalue weighted by molar-refractivity contribution is 5.96. The molecule has 9 nitrogen and oxygen atoms in total. The van der Waals surface area contributed by atoms with E-state index in [1.807, 2.05) is 0 Å². The highest BCUT2D eigenvalue weighted by Gasteiger charge is 2.15. The van der Waals surface area contributed by atoms with Gasteiger partial charge in [-0.3, -0.25) is 14.9 Å². The zero-order valence-corrected chi connectivity index (χ0v) is 13.6. The number of ether oxygens (including phenoxy) is 2. The Bertz CT molecular complexity index is 904. The molecule has 2 aromatic rings. The third kappa shape index (κ3) is 4.55. The molecule has 0 saturated carbocycles. The Kier molecular flexibility index (Phi) is 5.84. The molecule has 2 aromatic carbocycles. The Labute approximate surface area is 147 Å². The minimum atomic E-state index is -0.719. The van der Waals surface area contributed by atoms with Gasteiger partial charge in [0.2, 0.25) is 0 Å². The SMILES string of the molecule is COc1cccc(C(=O)OCC(=O)Nc2ccc([N+](=O)[O-])cc2C#N)c1. The molecule has 0 aliphatic carbocycles. The summed E-state index contributed by atoms with van der Waals surface area (Å²) in [6.45, 7) is -0.585. The minimum Gasteiger partial charge on any atom is -0.497 e. The molecular formula is C17H13N3O6. The summed E-state index contributed by atoms with van der Waals surface area (Å²) >= 11 is 0. The molecule has 0 unspecified atom stereocenters. The number of esters is 1. The fraction of sp³-hybridized carbons (Fsp3) is 0.118. The number of carbonyl (C=O) groups excluding carboxylic acids is 2. The largest absolute Gasteiger partial charge is 0.497 e. The molecule has 0 atom stereocenters. The smallest absolute Gasteiger partial charge is 0.338 e. The molecule has 0 bridgehead atoms. The van der Waals surface area contributed by atoms with Gasteiger partial charge < -0.3 is 14.8 Å². The van der Waals surface area contributed by atoms with E-state index in [0.29, 0.717) is 5.75 Å². The van der Waals surface area contributed by atoms with Gasteiger partial charge in [0.1, 0.15) is 11.8 Å². The lowest BCUT2D eigenvalue weighted by Crippen LogP contribution is -2.21. The van der Waals surface area contributed by atoms with Crippen LogP contribution in [0.3, 0.4) is 0 Å². The number of rotatable bonds is 6. The number of hydrogen-bond acceptors (Lipinski definition) is 7. The molecule has 0 heterocycles. The van der Waals surface area contributed by atoms with Crippen LogP contribution in [-0.2, 0) is 9.53 Å².